The summed E-state index contributed by atoms with van der Waals surface area (Å²) in [6.45, 7) is 1.95. The molecule has 0 aliphatic carbocycles. The molecule has 0 aliphatic heterocycles. The Morgan fingerprint density at radius 1 is 1.28 bits per heavy atom. The van der Waals surface area contributed by atoms with Crippen LogP contribution in [-0.4, -0.2) is 4.98 Å². The average Bonchev–Trinajstić information content (AvgIpc) is 2.38. The highest BCUT2D eigenvalue weighted by atomic mass is 79.9. The van der Waals surface area contributed by atoms with Gasteiger partial charge in [0.25, 0.3) is 0 Å². The van der Waals surface area contributed by atoms with Crippen molar-refractivity contribution >= 4 is 15.9 Å². The molecule has 94 valence electrons. The van der Waals surface area contributed by atoms with Crippen LogP contribution in [0.5, 0.6) is 0 Å². The van der Waals surface area contributed by atoms with Crippen molar-refractivity contribution in [1.82, 2.24) is 4.98 Å². The van der Waals surface area contributed by atoms with E-state index in [1.165, 1.54) is 6.07 Å². The molecule has 2 atom stereocenters. The molecule has 0 amide bonds. The molecule has 0 radical (unpaired) electrons. The second-order valence-electron chi connectivity index (χ2n) is 4.23. The van der Waals surface area contributed by atoms with Gasteiger partial charge in [0, 0.05) is 33.9 Å². The van der Waals surface area contributed by atoms with Crippen molar-refractivity contribution in [3.63, 3.8) is 0 Å². The summed E-state index contributed by atoms with van der Waals surface area (Å²) in [6, 6.07) is 10.2. The van der Waals surface area contributed by atoms with Gasteiger partial charge in [0.1, 0.15) is 5.82 Å². The molecule has 2 N–H and O–H groups in total. The second kappa shape index (κ2) is 5.59. The molecule has 2 aromatic rings. The number of pyridine rings is 1. The van der Waals surface area contributed by atoms with Gasteiger partial charge in [-0.25, -0.2) is 4.39 Å². The summed E-state index contributed by atoms with van der Waals surface area (Å²) in [7, 11) is 0. The first-order valence-electron chi connectivity index (χ1n) is 5.71. The van der Waals surface area contributed by atoms with Crippen molar-refractivity contribution in [3.05, 3.63) is 64.1 Å². The summed E-state index contributed by atoms with van der Waals surface area (Å²) >= 11 is 3.23. The van der Waals surface area contributed by atoms with Gasteiger partial charge in [-0.1, -0.05) is 35.0 Å². The summed E-state index contributed by atoms with van der Waals surface area (Å²) in [5.41, 5.74) is 7.50. The fourth-order valence-electron chi connectivity index (χ4n) is 1.87. The predicted octanol–water partition coefficient (Wildman–Crippen LogP) is 3.79. The number of nitrogens with two attached hydrogens (primary N) is 1. The lowest BCUT2D eigenvalue weighted by Gasteiger charge is -2.20. The lowest BCUT2D eigenvalue weighted by Crippen LogP contribution is -2.19. The maximum atomic E-state index is 13.8. The highest BCUT2D eigenvalue weighted by Crippen LogP contribution is 2.29. The Morgan fingerprint density at radius 3 is 2.67 bits per heavy atom. The third-order valence-electron chi connectivity index (χ3n) is 3.01. The molecule has 18 heavy (non-hydrogen) atoms. The van der Waals surface area contributed by atoms with Crippen molar-refractivity contribution in [3.8, 4) is 0 Å². The number of benzene rings is 1. The molecule has 4 heteroatoms. The van der Waals surface area contributed by atoms with Gasteiger partial charge in [0.15, 0.2) is 0 Å². The van der Waals surface area contributed by atoms with E-state index in [1.807, 2.05) is 25.1 Å². The van der Waals surface area contributed by atoms with Crippen LogP contribution in [0.25, 0.3) is 0 Å². The molecule has 0 aliphatic rings. The van der Waals surface area contributed by atoms with Crippen LogP contribution in [0.1, 0.15) is 30.1 Å². The minimum absolute atomic E-state index is 0.0399. The Labute approximate surface area is 114 Å². The van der Waals surface area contributed by atoms with Gasteiger partial charge in [-0.05, 0) is 24.3 Å². The molecule has 1 heterocycles. The van der Waals surface area contributed by atoms with E-state index in [0.29, 0.717) is 10.0 Å². The highest BCUT2D eigenvalue weighted by molar-refractivity contribution is 9.10. The quantitative estimate of drug-likeness (QED) is 0.937. The molecule has 0 saturated heterocycles. The van der Waals surface area contributed by atoms with E-state index in [1.54, 1.807) is 18.3 Å². The van der Waals surface area contributed by atoms with E-state index >= 15 is 0 Å². The predicted molar refractivity (Wildman–Crippen MR) is 73.7 cm³/mol. The Balaban J connectivity index is 2.28. The molecule has 2 rings (SSSR count). The van der Waals surface area contributed by atoms with E-state index < -0.39 is 6.04 Å². The van der Waals surface area contributed by atoms with Crippen molar-refractivity contribution < 1.29 is 4.39 Å². The number of hydrogen-bond donors (Lipinski definition) is 1. The summed E-state index contributed by atoms with van der Waals surface area (Å²) in [6.07, 6.45) is 1.72. The van der Waals surface area contributed by atoms with Crippen LogP contribution in [-0.2, 0) is 0 Å². The minimum atomic E-state index is -0.409. The lowest BCUT2D eigenvalue weighted by atomic mass is 9.92. The zero-order valence-corrected chi connectivity index (χ0v) is 11.6. The summed E-state index contributed by atoms with van der Waals surface area (Å²) in [5.74, 6) is -0.332. The topological polar surface area (TPSA) is 38.9 Å². The highest BCUT2D eigenvalue weighted by Gasteiger charge is 2.20. The maximum Gasteiger partial charge on any atom is 0.129 e. The van der Waals surface area contributed by atoms with Gasteiger partial charge in [0.05, 0.1) is 0 Å². The van der Waals surface area contributed by atoms with Crippen LogP contribution < -0.4 is 5.73 Å². The van der Waals surface area contributed by atoms with Gasteiger partial charge < -0.3 is 5.73 Å². The maximum absolute atomic E-state index is 13.8. The summed E-state index contributed by atoms with van der Waals surface area (Å²) < 4.78 is 14.6. The van der Waals surface area contributed by atoms with Crippen molar-refractivity contribution in [2.24, 2.45) is 5.73 Å². The van der Waals surface area contributed by atoms with Crippen LogP contribution in [0.4, 0.5) is 4.39 Å². The SMILES string of the molecule is CC(c1ccccn1)C(N)c1ccc(Br)cc1F. The number of halogens is 2. The smallest absolute Gasteiger partial charge is 0.129 e. The average molecular weight is 309 g/mol. The zero-order valence-electron chi connectivity index (χ0n) is 9.98. The Kier molecular flexibility index (Phi) is 4.09. The van der Waals surface area contributed by atoms with Gasteiger partial charge in [-0.15, -0.1) is 0 Å². The van der Waals surface area contributed by atoms with Crippen molar-refractivity contribution in [2.75, 3.05) is 0 Å². The van der Waals surface area contributed by atoms with Crippen LogP contribution in [0.3, 0.4) is 0 Å². The molecular weight excluding hydrogens is 295 g/mol. The Bertz CT molecular complexity index is 531. The fourth-order valence-corrected chi connectivity index (χ4v) is 2.20. The molecule has 0 bridgehead atoms. The van der Waals surface area contributed by atoms with E-state index in [2.05, 4.69) is 20.9 Å². The zero-order chi connectivity index (χ0) is 13.1. The lowest BCUT2D eigenvalue weighted by molar-refractivity contribution is 0.532. The van der Waals surface area contributed by atoms with Crippen LogP contribution in [0.2, 0.25) is 0 Å². The first-order chi connectivity index (χ1) is 8.59. The molecule has 0 saturated carbocycles. The summed E-state index contributed by atoms with van der Waals surface area (Å²) in [4.78, 5) is 4.26. The van der Waals surface area contributed by atoms with E-state index in [4.69, 9.17) is 5.73 Å². The van der Waals surface area contributed by atoms with E-state index in [0.717, 1.165) is 5.69 Å². The van der Waals surface area contributed by atoms with Crippen molar-refractivity contribution in [2.45, 2.75) is 18.9 Å². The van der Waals surface area contributed by atoms with Crippen molar-refractivity contribution in [1.29, 1.82) is 0 Å². The number of hydrogen-bond acceptors (Lipinski definition) is 2. The molecular formula is C14H14BrFN2. The number of aromatic nitrogens is 1. The van der Waals surface area contributed by atoms with Gasteiger partial charge in [-0.2, -0.15) is 0 Å². The van der Waals surface area contributed by atoms with Gasteiger partial charge >= 0.3 is 0 Å². The normalized spacial score (nSPS) is 14.2. The summed E-state index contributed by atoms with van der Waals surface area (Å²) in [5, 5.41) is 0. The van der Waals surface area contributed by atoms with Gasteiger partial charge in [0.2, 0.25) is 0 Å². The molecule has 2 nitrogen and oxygen atoms in total. The molecule has 0 spiro atoms. The van der Waals surface area contributed by atoms with E-state index in [9.17, 15) is 4.39 Å². The fraction of sp³-hybridized carbons (Fsp3) is 0.214. The van der Waals surface area contributed by atoms with Gasteiger partial charge in [-0.3, -0.25) is 4.98 Å². The molecule has 1 aromatic carbocycles. The Morgan fingerprint density at radius 2 is 2.06 bits per heavy atom. The standard InChI is InChI=1S/C14H14BrFN2/c1-9(13-4-2-3-7-18-13)14(17)11-6-5-10(15)8-12(11)16/h2-9,14H,17H2,1H3. The largest absolute Gasteiger partial charge is 0.323 e. The molecule has 0 fully saturated rings. The number of nitrogens with zero attached hydrogens (tertiary/aromatic N) is 1. The first kappa shape index (κ1) is 13.2. The first-order valence-corrected chi connectivity index (χ1v) is 6.50. The second-order valence-corrected chi connectivity index (χ2v) is 5.15. The van der Waals surface area contributed by atoms with Crippen LogP contribution in [0.15, 0.2) is 47.1 Å². The third kappa shape index (κ3) is 2.76. The van der Waals surface area contributed by atoms with Crippen LogP contribution in [0, 0.1) is 5.82 Å². The monoisotopic (exact) mass is 308 g/mol. The van der Waals surface area contributed by atoms with E-state index in [-0.39, 0.29) is 11.7 Å². The van der Waals surface area contributed by atoms with Crippen LogP contribution >= 0.6 is 15.9 Å². The Hall–Kier alpha value is -1.26. The molecule has 2 unspecified atom stereocenters. The minimum Gasteiger partial charge on any atom is -0.323 e. The third-order valence-corrected chi connectivity index (χ3v) is 3.51. The molecule has 1 aromatic heterocycles. The number of rotatable bonds is 3.